The van der Waals surface area contributed by atoms with Crippen molar-refractivity contribution in [1.29, 1.82) is 0 Å². The summed E-state index contributed by atoms with van der Waals surface area (Å²) in [6.45, 7) is 0.00168. The van der Waals surface area contributed by atoms with Gasteiger partial charge in [-0.05, 0) is 36.8 Å². The quantitative estimate of drug-likeness (QED) is 0.808. The summed E-state index contributed by atoms with van der Waals surface area (Å²) in [7, 11) is -2.53. The first-order chi connectivity index (χ1) is 11.8. The van der Waals surface area contributed by atoms with Crippen LogP contribution in [0.25, 0.3) is 0 Å². The van der Waals surface area contributed by atoms with Crippen molar-refractivity contribution in [3.8, 4) is 0 Å². The summed E-state index contributed by atoms with van der Waals surface area (Å²) >= 11 is 0. The molecule has 1 saturated heterocycles. The van der Waals surface area contributed by atoms with Crippen molar-refractivity contribution >= 4 is 21.9 Å². The van der Waals surface area contributed by atoms with E-state index in [0.29, 0.717) is 6.54 Å². The Kier molecular flexibility index (Phi) is 4.79. The molecule has 0 spiro atoms. The van der Waals surface area contributed by atoms with E-state index in [4.69, 9.17) is 0 Å². The highest BCUT2D eigenvalue weighted by atomic mass is 32.2. The second kappa shape index (κ2) is 6.72. The van der Waals surface area contributed by atoms with Crippen molar-refractivity contribution < 1.29 is 23.1 Å². The number of rotatable bonds is 5. The second-order valence-electron chi connectivity index (χ2n) is 6.63. The van der Waals surface area contributed by atoms with Crippen LogP contribution in [0.5, 0.6) is 0 Å². The predicted molar refractivity (Wildman–Crippen MR) is 88.0 cm³/mol. The topological polar surface area (TPSA) is 108 Å². The standard InChI is InChI=1S/C16H21N3O5S/c1-18(25(23,24)12-5-3-7-17-8-12)10-14(20)19-9-11-4-2-6-13(11)15(19)16(21)22/h3,5,7-8,11,13,15H,2,4,6,9-10H2,1H3,(H,21,22). The molecule has 0 radical (unpaired) electrons. The van der Waals surface area contributed by atoms with Gasteiger partial charge >= 0.3 is 5.97 Å². The Labute approximate surface area is 146 Å². The molecule has 1 saturated carbocycles. The molecule has 0 aromatic carbocycles. The van der Waals surface area contributed by atoms with Gasteiger partial charge in [0, 0.05) is 26.0 Å². The highest BCUT2D eigenvalue weighted by Gasteiger charge is 2.49. The molecule has 1 aliphatic heterocycles. The van der Waals surface area contributed by atoms with Gasteiger partial charge in [0.05, 0.1) is 6.54 Å². The second-order valence-corrected chi connectivity index (χ2v) is 8.68. The number of sulfonamides is 1. The lowest BCUT2D eigenvalue weighted by Gasteiger charge is -2.26. The van der Waals surface area contributed by atoms with E-state index in [9.17, 15) is 23.1 Å². The average Bonchev–Trinajstić information content (AvgIpc) is 3.15. The van der Waals surface area contributed by atoms with Gasteiger partial charge in [-0.3, -0.25) is 9.78 Å². The Morgan fingerprint density at radius 1 is 1.40 bits per heavy atom. The molecular formula is C16H21N3O5S. The van der Waals surface area contributed by atoms with Gasteiger partial charge in [0.25, 0.3) is 0 Å². The van der Waals surface area contributed by atoms with Gasteiger partial charge in [-0.15, -0.1) is 0 Å². The minimum Gasteiger partial charge on any atom is -0.480 e. The van der Waals surface area contributed by atoms with Crippen LogP contribution in [0.15, 0.2) is 29.4 Å². The fourth-order valence-corrected chi connectivity index (χ4v) is 5.01. The number of hydrogen-bond donors (Lipinski definition) is 1. The Balaban J connectivity index is 1.74. The number of likely N-dealkylation sites (tertiary alicyclic amines) is 1. The summed E-state index contributed by atoms with van der Waals surface area (Å²) in [5.74, 6) is -1.32. The van der Waals surface area contributed by atoms with Gasteiger partial charge in [0.15, 0.2) is 0 Å². The van der Waals surface area contributed by atoms with E-state index in [1.807, 2.05) is 0 Å². The van der Waals surface area contributed by atoms with E-state index < -0.39 is 27.9 Å². The number of carboxylic acid groups (broad SMARTS) is 1. The van der Waals surface area contributed by atoms with E-state index in [-0.39, 0.29) is 23.3 Å². The number of carbonyl (C=O) groups is 2. The molecule has 1 aromatic heterocycles. The fourth-order valence-electron chi connectivity index (χ4n) is 3.92. The lowest BCUT2D eigenvalue weighted by Crippen LogP contribution is -2.47. The normalized spacial score (nSPS) is 26.0. The Morgan fingerprint density at radius 3 is 2.80 bits per heavy atom. The molecule has 1 N–H and O–H groups in total. The number of aliphatic carboxylic acids is 1. The number of likely N-dealkylation sites (N-methyl/N-ethyl adjacent to an activating group) is 1. The minimum absolute atomic E-state index is 0.00150. The molecule has 8 nitrogen and oxygen atoms in total. The van der Waals surface area contributed by atoms with Crippen LogP contribution in [0.2, 0.25) is 0 Å². The van der Waals surface area contributed by atoms with Crippen molar-refractivity contribution in [2.75, 3.05) is 20.1 Å². The molecule has 9 heteroatoms. The first-order valence-electron chi connectivity index (χ1n) is 8.21. The van der Waals surface area contributed by atoms with Crippen LogP contribution in [-0.4, -0.2) is 65.8 Å². The summed E-state index contributed by atoms with van der Waals surface area (Å²) < 4.78 is 25.9. The molecule has 25 heavy (non-hydrogen) atoms. The molecule has 0 bridgehead atoms. The van der Waals surface area contributed by atoms with Crippen molar-refractivity contribution in [3.05, 3.63) is 24.5 Å². The van der Waals surface area contributed by atoms with Crippen LogP contribution >= 0.6 is 0 Å². The summed E-state index contributed by atoms with van der Waals surface area (Å²) in [5.41, 5.74) is 0. The Bertz CT molecular complexity index is 767. The Hall–Kier alpha value is -2.00. The molecule has 2 aliphatic rings. The maximum absolute atomic E-state index is 12.6. The van der Waals surface area contributed by atoms with E-state index >= 15 is 0 Å². The largest absolute Gasteiger partial charge is 0.480 e. The van der Waals surface area contributed by atoms with Crippen molar-refractivity contribution in [3.63, 3.8) is 0 Å². The molecule has 2 heterocycles. The number of amides is 1. The first-order valence-corrected chi connectivity index (χ1v) is 9.65. The lowest BCUT2D eigenvalue weighted by atomic mass is 9.94. The van der Waals surface area contributed by atoms with Crippen molar-refractivity contribution in [2.24, 2.45) is 11.8 Å². The minimum atomic E-state index is -3.84. The van der Waals surface area contributed by atoms with Gasteiger partial charge in [0.2, 0.25) is 15.9 Å². The van der Waals surface area contributed by atoms with Crippen LogP contribution in [0.1, 0.15) is 19.3 Å². The summed E-state index contributed by atoms with van der Waals surface area (Å²) in [6, 6.07) is 2.06. The molecule has 136 valence electrons. The average molecular weight is 367 g/mol. The number of carbonyl (C=O) groups excluding carboxylic acids is 1. The zero-order valence-electron chi connectivity index (χ0n) is 13.9. The zero-order chi connectivity index (χ0) is 18.2. The summed E-state index contributed by atoms with van der Waals surface area (Å²) in [5, 5.41) is 9.52. The molecule has 3 rings (SSSR count). The highest BCUT2D eigenvalue weighted by molar-refractivity contribution is 7.89. The number of pyridine rings is 1. The third kappa shape index (κ3) is 3.25. The maximum Gasteiger partial charge on any atom is 0.326 e. The van der Waals surface area contributed by atoms with E-state index in [1.165, 1.54) is 36.5 Å². The van der Waals surface area contributed by atoms with Gasteiger partial charge in [0.1, 0.15) is 10.9 Å². The van der Waals surface area contributed by atoms with Crippen LogP contribution in [0.3, 0.4) is 0 Å². The molecule has 3 unspecified atom stereocenters. The van der Waals surface area contributed by atoms with Crippen molar-refractivity contribution in [2.45, 2.75) is 30.2 Å². The molecule has 1 aliphatic carbocycles. The van der Waals surface area contributed by atoms with Gasteiger partial charge in [-0.2, -0.15) is 4.31 Å². The molecule has 1 aromatic rings. The van der Waals surface area contributed by atoms with E-state index in [2.05, 4.69) is 4.98 Å². The fraction of sp³-hybridized carbons (Fsp3) is 0.562. The van der Waals surface area contributed by atoms with Gasteiger partial charge in [-0.25, -0.2) is 13.2 Å². The SMILES string of the molecule is CN(CC(=O)N1CC2CCCC2C1C(=O)O)S(=O)(=O)c1cccnc1. The zero-order valence-corrected chi connectivity index (χ0v) is 14.7. The highest BCUT2D eigenvalue weighted by Crippen LogP contribution is 2.42. The third-order valence-corrected chi connectivity index (χ3v) is 6.95. The summed E-state index contributed by atoms with van der Waals surface area (Å²) in [4.78, 5) is 29.4. The lowest BCUT2D eigenvalue weighted by molar-refractivity contribution is -0.149. The van der Waals surface area contributed by atoms with E-state index in [1.54, 1.807) is 0 Å². The number of nitrogens with zero attached hydrogens (tertiary/aromatic N) is 3. The van der Waals surface area contributed by atoms with Crippen LogP contribution in [0.4, 0.5) is 0 Å². The molecular weight excluding hydrogens is 346 g/mol. The number of aromatic nitrogens is 1. The number of fused-ring (bicyclic) bond motifs is 1. The first kappa shape index (κ1) is 17.8. The van der Waals surface area contributed by atoms with E-state index in [0.717, 1.165) is 23.6 Å². The van der Waals surface area contributed by atoms with Gasteiger partial charge in [-0.1, -0.05) is 6.42 Å². The monoisotopic (exact) mass is 367 g/mol. The van der Waals surface area contributed by atoms with Crippen LogP contribution < -0.4 is 0 Å². The van der Waals surface area contributed by atoms with Crippen LogP contribution in [-0.2, 0) is 19.6 Å². The van der Waals surface area contributed by atoms with Gasteiger partial charge < -0.3 is 10.0 Å². The Morgan fingerprint density at radius 2 is 2.16 bits per heavy atom. The third-order valence-electron chi connectivity index (χ3n) is 5.16. The van der Waals surface area contributed by atoms with Crippen LogP contribution in [0, 0.1) is 11.8 Å². The molecule has 1 amide bonds. The number of carboxylic acids is 1. The molecule has 2 fully saturated rings. The summed E-state index contributed by atoms with van der Waals surface area (Å²) in [6.07, 6.45) is 5.38. The predicted octanol–water partition coefficient (Wildman–Crippen LogP) is 0.414. The smallest absolute Gasteiger partial charge is 0.326 e. The number of hydrogen-bond acceptors (Lipinski definition) is 5. The maximum atomic E-state index is 12.6. The van der Waals surface area contributed by atoms with Crippen molar-refractivity contribution in [1.82, 2.24) is 14.2 Å². The molecule has 3 atom stereocenters.